The van der Waals surface area contributed by atoms with E-state index in [9.17, 15) is 61.0 Å². The van der Waals surface area contributed by atoms with E-state index in [2.05, 4.69) is 19.2 Å². The summed E-state index contributed by atoms with van der Waals surface area (Å²) in [6.45, 7) is 1.61. The fraction of sp³-hybridized carbons (Fsp3) is 0.933. The van der Waals surface area contributed by atoms with Crippen LogP contribution in [-0.4, -0.2) is 193 Å². The second kappa shape index (κ2) is 31.6. The normalized spacial score (nSPS) is 34.5. The van der Waals surface area contributed by atoms with Crippen LogP contribution in [0.5, 0.6) is 0 Å². The van der Waals surface area contributed by atoms with E-state index in [0.29, 0.717) is 6.42 Å². The largest absolute Gasteiger partial charge is 0.394 e. The van der Waals surface area contributed by atoms with Crippen LogP contribution in [0.1, 0.15) is 136 Å². The number of amides is 1. The Balaban J connectivity index is 1.59. The fourth-order valence-electron chi connectivity index (χ4n) is 8.25. The predicted molar refractivity (Wildman–Crippen MR) is 231 cm³/mol. The SMILES string of the molecule is CCCCCCCC/C=C/C(O)C(COC1OC(CO)C(OC2OC(CO)C(OC3OC(CO)C(O)C(O)C3O)C(O)C2O)C(O)C1O)NC(=O)CCCCCCCCCCCCC. The van der Waals surface area contributed by atoms with Crippen molar-refractivity contribution in [1.82, 2.24) is 5.32 Å². The predicted octanol–water partition coefficient (Wildman–Crippen LogP) is 0.305. The van der Waals surface area contributed by atoms with E-state index in [1.54, 1.807) is 6.08 Å². The quantitative estimate of drug-likeness (QED) is 0.0319. The maximum absolute atomic E-state index is 13.1. The molecule has 0 radical (unpaired) electrons. The first-order valence-electron chi connectivity index (χ1n) is 23.9. The lowest BCUT2D eigenvalue weighted by Crippen LogP contribution is -2.66. The zero-order valence-corrected chi connectivity index (χ0v) is 38.0. The average Bonchev–Trinajstić information content (AvgIpc) is 3.29. The van der Waals surface area contributed by atoms with Gasteiger partial charge in [0.1, 0.15) is 73.2 Å². The third-order valence-electron chi connectivity index (χ3n) is 12.3. The van der Waals surface area contributed by atoms with Crippen LogP contribution in [0.3, 0.4) is 0 Å². The summed E-state index contributed by atoms with van der Waals surface area (Å²) in [6.07, 6.45) is -3.16. The van der Waals surface area contributed by atoms with Crippen molar-refractivity contribution in [2.75, 3.05) is 26.4 Å². The van der Waals surface area contributed by atoms with Crippen molar-refractivity contribution in [3.63, 3.8) is 0 Å². The lowest BCUT2D eigenvalue weighted by Gasteiger charge is -2.48. The van der Waals surface area contributed by atoms with Gasteiger partial charge >= 0.3 is 0 Å². The second-order valence-corrected chi connectivity index (χ2v) is 17.6. The number of aliphatic hydroxyl groups excluding tert-OH is 11. The molecule has 19 nitrogen and oxygen atoms in total. The van der Waals surface area contributed by atoms with Crippen molar-refractivity contribution >= 4 is 5.91 Å². The van der Waals surface area contributed by atoms with Crippen molar-refractivity contribution in [3.8, 4) is 0 Å². The van der Waals surface area contributed by atoms with Crippen molar-refractivity contribution in [3.05, 3.63) is 12.2 Å². The molecule has 64 heavy (non-hydrogen) atoms. The Morgan fingerprint density at radius 2 is 0.969 bits per heavy atom. The van der Waals surface area contributed by atoms with Crippen molar-refractivity contribution in [2.24, 2.45) is 0 Å². The molecule has 3 heterocycles. The maximum Gasteiger partial charge on any atom is 0.220 e. The van der Waals surface area contributed by atoms with E-state index < -0.39 is 124 Å². The first kappa shape index (κ1) is 56.9. The van der Waals surface area contributed by atoms with Gasteiger partial charge in [-0.05, 0) is 19.3 Å². The molecule has 3 aliphatic heterocycles. The molecule has 1 amide bonds. The van der Waals surface area contributed by atoms with Gasteiger partial charge < -0.3 is 89.9 Å². The Bertz CT molecular complexity index is 1250. The summed E-state index contributed by atoms with van der Waals surface area (Å²) >= 11 is 0. The van der Waals surface area contributed by atoms with Crippen LogP contribution in [0.4, 0.5) is 0 Å². The number of allylic oxidation sites excluding steroid dienone is 1. The first-order valence-corrected chi connectivity index (χ1v) is 23.9. The lowest BCUT2D eigenvalue weighted by atomic mass is 9.96. The minimum absolute atomic E-state index is 0.246. The number of ether oxygens (including phenoxy) is 6. The van der Waals surface area contributed by atoms with Crippen molar-refractivity contribution in [1.29, 1.82) is 0 Å². The minimum atomic E-state index is -1.97. The number of carbonyl (C=O) groups excluding carboxylic acids is 1. The van der Waals surface area contributed by atoms with Gasteiger partial charge in [0, 0.05) is 6.42 Å². The number of nitrogens with one attached hydrogen (secondary N) is 1. The zero-order chi connectivity index (χ0) is 47.0. The highest BCUT2D eigenvalue weighted by molar-refractivity contribution is 5.76. The molecule has 0 saturated carbocycles. The van der Waals surface area contributed by atoms with Crippen LogP contribution >= 0.6 is 0 Å². The zero-order valence-electron chi connectivity index (χ0n) is 38.0. The summed E-state index contributed by atoms with van der Waals surface area (Å²) in [5.74, 6) is -0.282. The standard InChI is InChI=1S/C45H83NO18/c1-3-5-7-9-11-13-14-15-17-19-21-23-33(51)46-28(29(50)22-20-18-16-12-10-8-6-4-2)27-59-43-39(57)36(54)41(31(25-48)61-43)64-45-40(58)37(55)42(32(26-49)62-45)63-44-38(56)35(53)34(52)30(24-47)60-44/h20,22,28-32,34-45,47-50,52-58H,3-19,21,23-27H2,1-2H3,(H,46,51)/b22-20+. The monoisotopic (exact) mass is 926 g/mol. The van der Waals surface area contributed by atoms with Crippen LogP contribution in [-0.2, 0) is 33.2 Å². The smallest absolute Gasteiger partial charge is 0.220 e. The number of hydrogen-bond donors (Lipinski definition) is 12. The Labute approximate surface area is 378 Å². The molecule has 3 aliphatic rings. The van der Waals surface area contributed by atoms with Crippen LogP contribution in [0, 0.1) is 0 Å². The summed E-state index contributed by atoms with van der Waals surface area (Å²) in [4.78, 5) is 13.1. The number of hydrogen-bond acceptors (Lipinski definition) is 18. The molecule has 0 aromatic rings. The van der Waals surface area contributed by atoms with Gasteiger partial charge in [-0.25, -0.2) is 0 Å². The van der Waals surface area contributed by atoms with Gasteiger partial charge in [0.25, 0.3) is 0 Å². The van der Waals surface area contributed by atoms with E-state index in [4.69, 9.17) is 28.4 Å². The highest BCUT2D eigenvalue weighted by Crippen LogP contribution is 2.33. The van der Waals surface area contributed by atoms with E-state index in [1.165, 1.54) is 57.8 Å². The molecular formula is C45H83NO18. The van der Waals surface area contributed by atoms with Crippen LogP contribution in [0.15, 0.2) is 12.2 Å². The van der Waals surface area contributed by atoms with Crippen LogP contribution < -0.4 is 5.32 Å². The Morgan fingerprint density at radius 1 is 0.547 bits per heavy atom. The summed E-state index contributed by atoms with van der Waals surface area (Å²) in [5.41, 5.74) is 0. The molecule has 19 heteroatoms. The van der Waals surface area contributed by atoms with Crippen molar-refractivity contribution < 1.29 is 89.4 Å². The van der Waals surface area contributed by atoms with Gasteiger partial charge in [0.15, 0.2) is 18.9 Å². The molecule has 17 atom stereocenters. The molecule has 0 aliphatic carbocycles. The number of aliphatic hydroxyl groups is 11. The number of rotatable bonds is 32. The van der Waals surface area contributed by atoms with Crippen LogP contribution in [0.2, 0.25) is 0 Å². The summed E-state index contributed by atoms with van der Waals surface area (Å²) < 4.78 is 34.0. The third-order valence-corrected chi connectivity index (χ3v) is 12.3. The van der Waals surface area contributed by atoms with E-state index in [-0.39, 0.29) is 18.9 Å². The Hall–Kier alpha value is -1.47. The van der Waals surface area contributed by atoms with Crippen molar-refractivity contribution in [2.45, 2.75) is 240 Å². The number of unbranched alkanes of at least 4 members (excludes halogenated alkanes) is 16. The second-order valence-electron chi connectivity index (χ2n) is 17.6. The molecule has 0 spiro atoms. The summed E-state index contributed by atoms with van der Waals surface area (Å²) in [7, 11) is 0. The van der Waals surface area contributed by atoms with E-state index >= 15 is 0 Å². The Kier molecular flexibility index (Phi) is 28.0. The molecule has 0 bridgehead atoms. The topological polar surface area (TPSA) is 307 Å². The van der Waals surface area contributed by atoms with Gasteiger partial charge in [-0.3, -0.25) is 4.79 Å². The van der Waals surface area contributed by atoms with Gasteiger partial charge in [-0.2, -0.15) is 0 Å². The molecule has 3 rings (SSSR count). The van der Waals surface area contributed by atoms with Crippen LogP contribution in [0.25, 0.3) is 0 Å². The average molecular weight is 926 g/mol. The van der Waals surface area contributed by atoms with Gasteiger partial charge in [-0.1, -0.05) is 122 Å². The molecule has 12 N–H and O–H groups in total. The van der Waals surface area contributed by atoms with E-state index in [1.807, 2.05) is 6.08 Å². The Morgan fingerprint density at radius 3 is 1.47 bits per heavy atom. The lowest BCUT2D eigenvalue weighted by molar-refractivity contribution is -0.379. The van der Waals surface area contributed by atoms with Gasteiger partial charge in [-0.15, -0.1) is 0 Å². The molecule has 0 aromatic carbocycles. The number of carbonyl (C=O) groups is 1. The van der Waals surface area contributed by atoms with E-state index in [0.717, 1.165) is 51.4 Å². The highest BCUT2D eigenvalue weighted by Gasteiger charge is 2.53. The summed E-state index contributed by atoms with van der Waals surface area (Å²) in [6, 6.07) is -0.962. The highest BCUT2D eigenvalue weighted by atomic mass is 16.8. The fourth-order valence-corrected chi connectivity index (χ4v) is 8.25. The van der Waals surface area contributed by atoms with Gasteiger partial charge in [0.05, 0.1) is 38.6 Å². The molecule has 376 valence electrons. The first-order chi connectivity index (χ1) is 30.8. The minimum Gasteiger partial charge on any atom is -0.394 e. The molecule has 17 unspecified atom stereocenters. The third kappa shape index (κ3) is 18.2. The molecular weight excluding hydrogens is 842 g/mol. The molecule has 3 fully saturated rings. The molecule has 0 aromatic heterocycles. The summed E-state index contributed by atoms with van der Waals surface area (Å²) in [5, 5.41) is 119. The molecule has 3 saturated heterocycles. The maximum atomic E-state index is 13.1. The van der Waals surface area contributed by atoms with Gasteiger partial charge in [0.2, 0.25) is 5.91 Å².